The minimum atomic E-state index is -0.538. The lowest BCUT2D eigenvalue weighted by Gasteiger charge is -2.08. The van der Waals surface area contributed by atoms with E-state index >= 15 is 0 Å². The number of aryl methyl sites for hydroxylation is 1. The zero-order chi connectivity index (χ0) is 12.3. The number of benzene rings is 1. The van der Waals surface area contributed by atoms with Crippen LogP contribution in [0.1, 0.15) is 11.1 Å². The molecule has 1 N–H and O–H groups in total. The molecule has 2 rings (SSSR count). The van der Waals surface area contributed by atoms with Crippen molar-refractivity contribution in [2.45, 2.75) is 6.92 Å². The van der Waals surface area contributed by atoms with Gasteiger partial charge >= 0.3 is 0 Å². The van der Waals surface area contributed by atoms with E-state index in [9.17, 15) is 4.39 Å². The van der Waals surface area contributed by atoms with Crippen LogP contribution in [0.3, 0.4) is 0 Å². The highest BCUT2D eigenvalue weighted by Crippen LogP contribution is 2.20. The lowest BCUT2D eigenvalue weighted by molar-refractivity contribution is 0.585. The molecule has 0 amide bonds. The number of rotatable bonds is 2. The van der Waals surface area contributed by atoms with Crippen LogP contribution >= 0.6 is 0 Å². The monoisotopic (exact) mass is 227 g/mol. The number of nitriles is 1. The van der Waals surface area contributed by atoms with Crippen molar-refractivity contribution in [2.24, 2.45) is 0 Å². The van der Waals surface area contributed by atoms with Crippen LogP contribution in [0.4, 0.5) is 15.9 Å². The highest BCUT2D eigenvalue weighted by Gasteiger charge is 2.02. The Labute approximate surface area is 98.5 Å². The lowest BCUT2D eigenvalue weighted by atomic mass is 10.1. The van der Waals surface area contributed by atoms with E-state index < -0.39 is 5.95 Å². The first-order valence-corrected chi connectivity index (χ1v) is 5.09. The van der Waals surface area contributed by atoms with E-state index in [1.807, 2.05) is 13.0 Å². The number of nitrogens with one attached hydrogen (secondary N) is 1. The zero-order valence-electron chi connectivity index (χ0n) is 9.24. The van der Waals surface area contributed by atoms with Crippen LogP contribution in [0.25, 0.3) is 0 Å². The second-order valence-electron chi connectivity index (χ2n) is 3.61. The Bertz CT molecular complexity index is 587. The first-order chi connectivity index (χ1) is 8.19. The first kappa shape index (κ1) is 11.1. The summed E-state index contributed by atoms with van der Waals surface area (Å²) in [6.45, 7) is 1.91. The number of hydrogen-bond donors (Lipinski definition) is 1. The third kappa shape index (κ3) is 2.58. The predicted octanol–water partition coefficient (Wildman–Crippen LogP) is 3.14. The maximum atomic E-state index is 12.9. The fourth-order valence-corrected chi connectivity index (χ4v) is 1.44. The van der Waals surface area contributed by atoms with Crippen LogP contribution in [-0.2, 0) is 0 Å². The normalized spacial score (nSPS) is 9.71. The van der Waals surface area contributed by atoms with Gasteiger partial charge in [-0.1, -0.05) is 12.1 Å². The summed E-state index contributed by atoms with van der Waals surface area (Å²) in [6, 6.07) is 11.9. The lowest BCUT2D eigenvalue weighted by Crippen LogP contribution is -1.97. The summed E-state index contributed by atoms with van der Waals surface area (Å²) in [5, 5.41) is 11.8. The van der Waals surface area contributed by atoms with Gasteiger partial charge in [-0.15, -0.1) is 0 Å². The summed E-state index contributed by atoms with van der Waals surface area (Å²) in [7, 11) is 0. The van der Waals surface area contributed by atoms with E-state index in [1.165, 1.54) is 6.07 Å². The van der Waals surface area contributed by atoms with Crippen molar-refractivity contribution in [3.63, 3.8) is 0 Å². The third-order valence-corrected chi connectivity index (χ3v) is 2.34. The molecule has 17 heavy (non-hydrogen) atoms. The molecular formula is C13H10FN3. The summed E-state index contributed by atoms with van der Waals surface area (Å²) in [4.78, 5) is 3.70. The van der Waals surface area contributed by atoms with Crippen molar-refractivity contribution >= 4 is 11.5 Å². The van der Waals surface area contributed by atoms with Gasteiger partial charge in [0.05, 0.1) is 11.6 Å². The molecule has 0 fully saturated rings. The fourth-order valence-electron chi connectivity index (χ4n) is 1.44. The largest absolute Gasteiger partial charge is 0.340 e. The Morgan fingerprint density at radius 1 is 1.29 bits per heavy atom. The van der Waals surface area contributed by atoms with Gasteiger partial charge in [0.1, 0.15) is 5.82 Å². The van der Waals surface area contributed by atoms with Crippen molar-refractivity contribution in [2.75, 3.05) is 5.32 Å². The standard InChI is InChI=1S/C13H10FN3/c1-9-5-6-10(8-15)7-11(9)16-13-4-2-3-12(14)17-13/h2-7H,1H3,(H,16,17). The van der Waals surface area contributed by atoms with Crippen LogP contribution in [0, 0.1) is 24.2 Å². The number of pyridine rings is 1. The number of anilines is 2. The van der Waals surface area contributed by atoms with Crippen LogP contribution < -0.4 is 5.32 Å². The van der Waals surface area contributed by atoms with Crippen LogP contribution in [-0.4, -0.2) is 4.98 Å². The van der Waals surface area contributed by atoms with Gasteiger partial charge in [-0.3, -0.25) is 0 Å². The van der Waals surface area contributed by atoms with Crippen molar-refractivity contribution in [1.29, 1.82) is 5.26 Å². The Balaban J connectivity index is 2.33. The van der Waals surface area contributed by atoms with E-state index in [4.69, 9.17) is 5.26 Å². The highest BCUT2D eigenvalue weighted by molar-refractivity contribution is 5.62. The molecule has 0 unspecified atom stereocenters. The number of halogens is 1. The molecule has 0 aliphatic carbocycles. The van der Waals surface area contributed by atoms with E-state index in [-0.39, 0.29) is 0 Å². The van der Waals surface area contributed by atoms with Gasteiger partial charge in [-0.25, -0.2) is 4.98 Å². The molecule has 2 aromatic rings. The predicted molar refractivity (Wildman–Crippen MR) is 63.4 cm³/mol. The van der Waals surface area contributed by atoms with Gasteiger partial charge in [-0.2, -0.15) is 9.65 Å². The summed E-state index contributed by atoms with van der Waals surface area (Å²) < 4.78 is 12.9. The molecule has 0 saturated carbocycles. The van der Waals surface area contributed by atoms with Crippen molar-refractivity contribution in [3.8, 4) is 6.07 Å². The third-order valence-electron chi connectivity index (χ3n) is 2.34. The summed E-state index contributed by atoms with van der Waals surface area (Å²) >= 11 is 0. The molecule has 0 bridgehead atoms. The van der Waals surface area contributed by atoms with Crippen LogP contribution in [0.5, 0.6) is 0 Å². The number of hydrogen-bond acceptors (Lipinski definition) is 3. The zero-order valence-corrected chi connectivity index (χ0v) is 9.24. The molecule has 0 aliphatic rings. The van der Waals surface area contributed by atoms with E-state index in [0.717, 1.165) is 11.3 Å². The molecule has 0 spiro atoms. The molecule has 1 heterocycles. The number of aromatic nitrogens is 1. The summed E-state index contributed by atoms with van der Waals surface area (Å²) in [6.07, 6.45) is 0. The molecule has 0 atom stereocenters. The maximum Gasteiger partial charge on any atom is 0.214 e. The maximum absolute atomic E-state index is 12.9. The minimum Gasteiger partial charge on any atom is -0.340 e. The van der Waals surface area contributed by atoms with Gasteiger partial charge in [0.2, 0.25) is 5.95 Å². The number of nitrogens with zero attached hydrogens (tertiary/aromatic N) is 2. The van der Waals surface area contributed by atoms with Gasteiger partial charge in [0.25, 0.3) is 0 Å². The Hall–Kier alpha value is -2.41. The minimum absolute atomic E-state index is 0.420. The smallest absolute Gasteiger partial charge is 0.214 e. The molecule has 0 radical (unpaired) electrons. The van der Waals surface area contributed by atoms with Gasteiger partial charge in [-0.05, 0) is 36.8 Å². The molecule has 3 nitrogen and oxygen atoms in total. The van der Waals surface area contributed by atoms with Crippen LogP contribution in [0.2, 0.25) is 0 Å². The van der Waals surface area contributed by atoms with Gasteiger partial charge in [0.15, 0.2) is 0 Å². The average molecular weight is 227 g/mol. The Morgan fingerprint density at radius 3 is 2.82 bits per heavy atom. The fraction of sp³-hybridized carbons (Fsp3) is 0.0769. The Morgan fingerprint density at radius 2 is 2.12 bits per heavy atom. The van der Waals surface area contributed by atoms with Crippen molar-refractivity contribution in [1.82, 2.24) is 4.98 Å². The van der Waals surface area contributed by atoms with E-state index in [2.05, 4.69) is 16.4 Å². The van der Waals surface area contributed by atoms with Crippen LogP contribution in [0.15, 0.2) is 36.4 Å². The summed E-state index contributed by atoms with van der Waals surface area (Å²) in [5.41, 5.74) is 2.27. The van der Waals surface area contributed by atoms with E-state index in [0.29, 0.717) is 11.4 Å². The van der Waals surface area contributed by atoms with E-state index in [1.54, 1.807) is 24.3 Å². The topological polar surface area (TPSA) is 48.7 Å². The first-order valence-electron chi connectivity index (χ1n) is 5.09. The second-order valence-corrected chi connectivity index (χ2v) is 3.61. The average Bonchev–Trinajstić information content (AvgIpc) is 2.32. The molecule has 1 aromatic carbocycles. The quantitative estimate of drug-likeness (QED) is 0.802. The highest BCUT2D eigenvalue weighted by atomic mass is 19.1. The van der Waals surface area contributed by atoms with Crippen molar-refractivity contribution in [3.05, 3.63) is 53.5 Å². The van der Waals surface area contributed by atoms with Gasteiger partial charge in [0, 0.05) is 5.69 Å². The molecule has 0 aliphatic heterocycles. The van der Waals surface area contributed by atoms with Crippen molar-refractivity contribution < 1.29 is 4.39 Å². The second kappa shape index (κ2) is 4.62. The molecule has 84 valence electrons. The molecule has 4 heteroatoms. The van der Waals surface area contributed by atoms with Gasteiger partial charge < -0.3 is 5.32 Å². The molecule has 1 aromatic heterocycles. The SMILES string of the molecule is Cc1ccc(C#N)cc1Nc1cccc(F)n1. The molecular weight excluding hydrogens is 217 g/mol. The summed E-state index contributed by atoms with van der Waals surface area (Å²) in [5.74, 6) is -0.118. The molecule has 0 saturated heterocycles. The Kier molecular flexibility index (Phi) is 3.01.